The summed E-state index contributed by atoms with van der Waals surface area (Å²) < 4.78 is 13.5. The first kappa shape index (κ1) is 16.9. The zero-order valence-electron chi connectivity index (χ0n) is 12.3. The molecule has 0 fully saturated rings. The van der Waals surface area contributed by atoms with E-state index in [0.717, 1.165) is 6.42 Å². The number of amides is 2. The number of hydrogen-bond acceptors (Lipinski definition) is 4. The molecule has 1 aromatic carbocycles. The fourth-order valence-corrected chi connectivity index (χ4v) is 1.84. The summed E-state index contributed by atoms with van der Waals surface area (Å²) in [5.41, 5.74) is 5.96. The number of hydrogen-bond donors (Lipinski definition) is 3. The summed E-state index contributed by atoms with van der Waals surface area (Å²) in [7, 11) is 1.54. The lowest BCUT2D eigenvalue weighted by molar-refractivity contribution is -0.123. The first-order chi connectivity index (χ1) is 9.96. The van der Waals surface area contributed by atoms with Gasteiger partial charge >= 0.3 is 0 Å². The lowest BCUT2D eigenvalue weighted by Gasteiger charge is -2.20. The Hall–Kier alpha value is -2.15. The summed E-state index contributed by atoms with van der Waals surface area (Å²) in [4.78, 5) is 25.0. The van der Waals surface area contributed by atoms with Crippen LogP contribution in [0.5, 0.6) is 0 Å². The van der Waals surface area contributed by atoms with Crippen LogP contribution in [0.2, 0.25) is 0 Å². The van der Waals surface area contributed by atoms with E-state index in [1.54, 1.807) is 4.90 Å². The quantitative estimate of drug-likeness (QED) is 0.650. The minimum absolute atomic E-state index is 0.00942. The molecule has 0 aliphatic carbocycles. The van der Waals surface area contributed by atoms with Crippen LogP contribution in [0.25, 0.3) is 0 Å². The SMILES string of the molecule is CCCN(CC(=O)NC)CC(=O)Nc1cc(N)ccc1F. The van der Waals surface area contributed by atoms with Gasteiger partial charge in [0.25, 0.3) is 0 Å². The van der Waals surface area contributed by atoms with Crippen molar-refractivity contribution < 1.29 is 14.0 Å². The summed E-state index contributed by atoms with van der Waals surface area (Å²) >= 11 is 0. The molecule has 1 rings (SSSR count). The van der Waals surface area contributed by atoms with Gasteiger partial charge in [0, 0.05) is 12.7 Å². The number of nitrogens with two attached hydrogens (primary N) is 1. The van der Waals surface area contributed by atoms with E-state index in [2.05, 4.69) is 10.6 Å². The monoisotopic (exact) mass is 296 g/mol. The Morgan fingerprint density at radius 1 is 1.29 bits per heavy atom. The highest BCUT2D eigenvalue weighted by Crippen LogP contribution is 2.17. The minimum atomic E-state index is -0.550. The molecule has 0 aromatic heterocycles. The Balaban J connectivity index is 2.64. The van der Waals surface area contributed by atoms with Crippen LogP contribution < -0.4 is 16.4 Å². The van der Waals surface area contributed by atoms with Crippen molar-refractivity contribution in [2.24, 2.45) is 0 Å². The van der Waals surface area contributed by atoms with Crippen LogP contribution in [0.1, 0.15) is 13.3 Å². The highest BCUT2D eigenvalue weighted by atomic mass is 19.1. The molecule has 21 heavy (non-hydrogen) atoms. The fourth-order valence-electron chi connectivity index (χ4n) is 1.84. The molecule has 0 saturated carbocycles. The van der Waals surface area contributed by atoms with Gasteiger partial charge in [-0.15, -0.1) is 0 Å². The van der Waals surface area contributed by atoms with E-state index in [0.29, 0.717) is 12.2 Å². The highest BCUT2D eigenvalue weighted by Gasteiger charge is 2.14. The molecule has 0 unspecified atom stereocenters. The Morgan fingerprint density at radius 2 is 1.95 bits per heavy atom. The molecule has 0 radical (unpaired) electrons. The number of rotatable bonds is 7. The molecule has 0 bridgehead atoms. The second-order valence-electron chi connectivity index (χ2n) is 4.67. The van der Waals surface area contributed by atoms with Crippen LogP contribution in [0.4, 0.5) is 15.8 Å². The van der Waals surface area contributed by atoms with Crippen LogP contribution in [-0.4, -0.2) is 43.4 Å². The second kappa shape index (κ2) is 8.21. The van der Waals surface area contributed by atoms with E-state index in [4.69, 9.17) is 5.73 Å². The number of anilines is 2. The van der Waals surface area contributed by atoms with Crippen molar-refractivity contribution in [3.8, 4) is 0 Å². The Morgan fingerprint density at radius 3 is 2.57 bits per heavy atom. The minimum Gasteiger partial charge on any atom is -0.399 e. The van der Waals surface area contributed by atoms with E-state index in [-0.39, 0.29) is 24.7 Å². The number of carbonyl (C=O) groups is 2. The van der Waals surface area contributed by atoms with Crippen LogP contribution in [-0.2, 0) is 9.59 Å². The summed E-state index contributed by atoms with van der Waals surface area (Å²) in [6, 6.07) is 3.97. The normalized spacial score (nSPS) is 10.5. The van der Waals surface area contributed by atoms with E-state index in [1.807, 2.05) is 6.92 Å². The maximum Gasteiger partial charge on any atom is 0.238 e. The van der Waals surface area contributed by atoms with Gasteiger partial charge in [-0.25, -0.2) is 4.39 Å². The van der Waals surface area contributed by atoms with E-state index < -0.39 is 11.7 Å². The van der Waals surface area contributed by atoms with E-state index in [1.165, 1.54) is 25.2 Å². The molecule has 0 saturated heterocycles. The highest BCUT2D eigenvalue weighted by molar-refractivity contribution is 5.93. The van der Waals surface area contributed by atoms with Crippen molar-refractivity contribution in [3.05, 3.63) is 24.0 Å². The predicted octanol–water partition coefficient (Wildman–Crippen LogP) is 0.804. The molecule has 0 atom stereocenters. The van der Waals surface area contributed by atoms with Gasteiger partial charge in [0.1, 0.15) is 5.82 Å². The number of halogens is 1. The molecule has 7 heteroatoms. The number of benzene rings is 1. The van der Waals surface area contributed by atoms with Crippen molar-refractivity contribution >= 4 is 23.2 Å². The third-order valence-electron chi connectivity index (χ3n) is 2.82. The first-order valence-electron chi connectivity index (χ1n) is 6.74. The summed E-state index contributed by atoms with van der Waals surface area (Å²) in [6.07, 6.45) is 0.803. The molecule has 116 valence electrons. The molecule has 0 spiro atoms. The second-order valence-corrected chi connectivity index (χ2v) is 4.67. The standard InChI is InChI=1S/C14H21FN4O2/c1-3-6-19(8-13(20)17-2)9-14(21)18-12-7-10(16)4-5-11(12)15/h4-5,7H,3,6,8-9,16H2,1-2H3,(H,17,20)(H,18,21). The molecule has 1 aromatic rings. The average molecular weight is 296 g/mol. The van der Waals surface area contributed by atoms with E-state index >= 15 is 0 Å². The molecule has 2 amide bonds. The fraction of sp³-hybridized carbons (Fsp3) is 0.429. The smallest absolute Gasteiger partial charge is 0.238 e. The van der Waals surface area contributed by atoms with Crippen molar-refractivity contribution in [2.45, 2.75) is 13.3 Å². The zero-order chi connectivity index (χ0) is 15.8. The average Bonchev–Trinajstić information content (AvgIpc) is 2.42. The summed E-state index contributed by atoms with van der Waals surface area (Å²) in [5, 5.41) is 4.97. The number of nitrogens with zero attached hydrogens (tertiary/aromatic N) is 1. The third-order valence-corrected chi connectivity index (χ3v) is 2.82. The molecule has 0 aliphatic rings. The van der Waals surface area contributed by atoms with Gasteiger partial charge in [-0.1, -0.05) is 6.92 Å². The Labute approximate surface area is 123 Å². The van der Waals surface area contributed by atoms with Gasteiger partial charge in [0.2, 0.25) is 11.8 Å². The summed E-state index contributed by atoms with van der Waals surface area (Å²) in [5.74, 6) is -1.12. The predicted molar refractivity (Wildman–Crippen MR) is 80.2 cm³/mol. The number of likely N-dealkylation sites (N-methyl/N-ethyl adjacent to an activating group) is 1. The third kappa shape index (κ3) is 5.78. The van der Waals surface area contributed by atoms with Gasteiger partial charge in [0.15, 0.2) is 0 Å². The van der Waals surface area contributed by atoms with Crippen LogP contribution in [0.3, 0.4) is 0 Å². The molecule has 0 aliphatic heterocycles. The van der Waals surface area contributed by atoms with Gasteiger partial charge in [-0.3, -0.25) is 14.5 Å². The van der Waals surface area contributed by atoms with Gasteiger partial charge < -0.3 is 16.4 Å². The van der Waals surface area contributed by atoms with E-state index in [9.17, 15) is 14.0 Å². The molecule has 4 N–H and O–H groups in total. The maximum absolute atomic E-state index is 13.5. The zero-order valence-corrected chi connectivity index (χ0v) is 12.3. The molecular formula is C14H21FN4O2. The molecule has 6 nitrogen and oxygen atoms in total. The summed E-state index contributed by atoms with van der Waals surface area (Å²) in [6.45, 7) is 2.68. The van der Waals surface area contributed by atoms with Gasteiger partial charge in [0.05, 0.1) is 18.8 Å². The van der Waals surface area contributed by atoms with Crippen molar-refractivity contribution in [1.29, 1.82) is 0 Å². The van der Waals surface area contributed by atoms with Crippen LogP contribution in [0, 0.1) is 5.82 Å². The number of carbonyl (C=O) groups excluding carboxylic acids is 2. The lowest BCUT2D eigenvalue weighted by Crippen LogP contribution is -2.40. The first-order valence-corrected chi connectivity index (χ1v) is 6.74. The van der Waals surface area contributed by atoms with Crippen molar-refractivity contribution in [1.82, 2.24) is 10.2 Å². The maximum atomic E-state index is 13.5. The Bertz CT molecular complexity index is 508. The molecular weight excluding hydrogens is 275 g/mol. The van der Waals surface area contributed by atoms with Crippen LogP contribution in [0.15, 0.2) is 18.2 Å². The lowest BCUT2D eigenvalue weighted by atomic mass is 10.2. The Kier molecular flexibility index (Phi) is 6.61. The number of nitrogens with one attached hydrogen (secondary N) is 2. The number of nitrogen functional groups attached to an aromatic ring is 1. The van der Waals surface area contributed by atoms with Crippen molar-refractivity contribution in [2.75, 3.05) is 37.7 Å². The molecule has 0 heterocycles. The largest absolute Gasteiger partial charge is 0.399 e. The van der Waals surface area contributed by atoms with Gasteiger partial charge in [-0.05, 0) is 31.2 Å². The van der Waals surface area contributed by atoms with Crippen LogP contribution >= 0.6 is 0 Å². The van der Waals surface area contributed by atoms with Gasteiger partial charge in [-0.2, -0.15) is 0 Å². The van der Waals surface area contributed by atoms with Crippen molar-refractivity contribution in [3.63, 3.8) is 0 Å². The topological polar surface area (TPSA) is 87.5 Å².